The molecule has 2 aromatic rings. The highest BCUT2D eigenvalue weighted by Crippen LogP contribution is 2.36. The second-order valence-electron chi connectivity index (χ2n) is 6.44. The van der Waals surface area contributed by atoms with Gasteiger partial charge in [0.15, 0.2) is 0 Å². The van der Waals surface area contributed by atoms with Crippen LogP contribution in [0.4, 0.5) is 5.69 Å². The van der Waals surface area contributed by atoms with Crippen molar-refractivity contribution in [1.29, 1.82) is 0 Å². The van der Waals surface area contributed by atoms with Crippen molar-refractivity contribution in [3.05, 3.63) is 64.2 Å². The number of fused-ring (bicyclic) bond motifs is 1. The predicted molar refractivity (Wildman–Crippen MR) is 110 cm³/mol. The molecule has 0 spiro atoms. The lowest BCUT2D eigenvalue weighted by Gasteiger charge is -2.21. The van der Waals surface area contributed by atoms with Gasteiger partial charge in [-0.15, -0.1) is 0 Å². The van der Waals surface area contributed by atoms with Gasteiger partial charge in [-0.2, -0.15) is 0 Å². The Hall–Kier alpha value is -2.40. The molecule has 2 aromatic carbocycles. The van der Waals surface area contributed by atoms with Gasteiger partial charge >= 0.3 is 0 Å². The van der Waals surface area contributed by atoms with Gasteiger partial charge in [-0.05, 0) is 42.5 Å². The topological polar surface area (TPSA) is 54.5 Å². The first-order chi connectivity index (χ1) is 13.0. The molecule has 2 amide bonds. The highest BCUT2D eigenvalue weighted by Gasteiger charge is 2.40. The van der Waals surface area contributed by atoms with E-state index in [2.05, 4.69) is 0 Å². The molecule has 0 N–H and O–H groups in total. The molecular weight excluding hydrogens is 358 g/mol. The Morgan fingerprint density at radius 3 is 2.15 bits per heavy atom. The minimum atomic E-state index is -0.397. The first-order valence-corrected chi connectivity index (χ1v) is 10.3. The number of thioether (sulfide) groups is 1. The number of imide groups is 1. The summed E-state index contributed by atoms with van der Waals surface area (Å²) < 4.78 is 0. The number of carbonyl (C=O) groups excluding carboxylic acids is 3. The highest BCUT2D eigenvalue weighted by molar-refractivity contribution is 8.14. The van der Waals surface area contributed by atoms with Gasteiger partial charge in [0.1, 0.15) is 0 Å². The van der Waals surface area contributed by atoms with E-state index in [0.29, 0.717) is 35.4 Å². The summed E-state index contributed by atoms with van der Waals surface area (Å²) in [7, 11) is 0. The third-order valence-corrected chi connectivity index (χ3v) is 5.86. The summed E-state index contributed by atoms with van der Waals surface area (Å²) in [6.45, 7) is 6.01. The Balaban J connectivity index is 2.12. The first-order valence-electron chi connectivity index (χ1n) is 9.34. The van der Waals surface area contributed by atoms with Crippen LogP contribution in [-0.4, -0.2) is 22.7 Å². The van der Waals surface area contributed by atoms with E-state index >= 15 is 0 Å². The normalized spacial score (nSPS) is 13.2. The number of para-hydroxylation sites is 1. The fourth-order valence-corrected chi connectivity index (χ4v) is 4.15. The maximum Gasteiger partial charge on any atom is 0.266 e. The number of aryl methyl sites for hydroxylation is 2. The van der Waals surface area contributed by atoms with E-state index in [9.17, 15) is 14.4 Å². The van der Waals surface area contributed by atoms with E-state index in [1.165, 1.54) is 16.7 Å². The molecule has 1 aliphatic rings. The molecule has 0 radical (unpaired) electrons. The van der Waals surface area contributed by atoms with Crippen molar-refractivity contribution < 1.29 is 14.4 Å². The molecule has 0 saturated carbocycles. The monoisotopic (exact) mass is 381 g/mol. The zero-order chi connectivity index (χ0) is 19.6. The van der Waals surface area contributed by atoms with Crippen LogP contribution in [0, 0.1) is 0 Å². The Morgan fingerprint density at radius 1 is 0.926 bits per heavy atom. The van der Waals surface area contributed by atoms with E-state index in [-0.39, 0.29) is 16.6 Å². The molecule has 1 aliphatic heterocycles. The molecule has 5 heteroatoms. The number of carbonyl (C=O) groups is 3. The van der Waals surface area contributed by atoms with Gasteiger partial charge in [0.05, 0.1) is 16.8 Å². The second kappa shape index (κ2) is 8.09. The second-order valence-corrected chi connectivity index (χ2v) is 7.51. The maximum absolute atomic E-state index is 13.3. The van der Waals surface area contributed by atoms with Crippen LogP contribution >= 0.6 is 11.8 Å². The Bertz CT molecular complexity index is 898. The van der Waals surface area contributed by atoms with Crippen molar-refractivity contribution in [2.75, 3.05) is 10.7 Å². The molecule has 0 aromatic heterocycles. The van der Waals surface area contributed by atoms with Crippen LogP contribution in [-0.2, 0) is 12.8 Å². The fourth-order valence-electron chi connectivity index (χ4n) is 3.43. The van der Waals surface area contributed by atoms with Crippen molar-refractivity contribution in [1.82, 2.24) is 0 Å². The summed E-state index contributed by atoms with van der Waals surface area (Å²) in [5.41, 5.74) is 3.47. The lowest BCUT2D eigenvalue weighted by Crippen LogP contribution is -2.31. The summed E-state index contributed by atoms with van der Waals surface area (Å²) in [5, 5.41) is -0.156. The van der Waals surface area contributed by atoms with Crippen molar-refractivity contribution in [3.63, 3.8) is 0 Å². The molecule has 0 fully saturated rings. The molecule has 4 nitrogen and oxygen atoms in total. The third-order valence-electron chi connectivity index (χ3n) is 4.76. The number of anilines is 1. The van der Waals surface area contributed by atoms with E-state index in [4.69, 9.17) is 0 Å². The largest absolute Gasteiger partial charge is 0.282 e. The molecule has 3 rings (SSSR count). The highest BCUT2D eigenvalue weighted by atomic mass is 32.2. The molecule has 0 atom stereocenters. The summed E-state index contributed by atoms with van der Waals surface area (Å²) in [6.07, 6.45) is 2.30. The average Bonchev–Trinajstić information content (AvgIpc) is 2.95. The van der Waals surface area contributed by atoms with Gasteiger partial charge in [-0.25, -0.2) is 4.90 Å². The number of nitrogens with zero attached hydrogens (tertiary/aromatic N) is 1. The Morgan fingerprint density at radius 2 is 1.56 bits per heavy atom. The molecule has 0 saturated heterocycles. The molecule has 140 valence electrons. The quantitative estimate of drug-likeness (QED) is 0.668. The van der Waals surface area contributed by atoms with E-state index < -0.39 is 5.91 Å². The summed E-state index contributed by atoms with van der Waals surface area (Å²) in [4.78, 5) is 40.3. The fraction of sp³-hybridized carbons (Fsp3) is 0.318. The predicted octanol–water partition coefficient (Wildman–Crippen LogP) is 4.90. The van der Waals surface area contributed by atoms with Gasteiger partial charge in [0.2, 0.25) is 5.12 Å². The van der Waals surface area contributed by atoms with Gasteiger partial charge in [0, 0.05) is 11.3 Å². The van der Waals surface area contributed by atoms with Crippen LogP contribution < -0.4 is 4.90 Å². The van der Waals surface area contributed by atoms with Crippen molar-refractivity contribution in [2.24, 2.45) is 0 Å². The van der Waals surface area contributed by atoms with E-state index in [1.807, 2.05) is 39.0 Å². The summed E-state index contributed by atoms with van der Waals surface area (Å²) in [6, 6.07) is 10.8. The third kappa shape index (κ3) is 3.32. The molecule has 27 heavy (non-hydrogen) atoms. The van der Waals surface area contributed by atoms with Crippen molar-refractivity contribution in [2.45, 2.75) is 40.0 Å². The molecule has 1 heterocycles. The number of benzene rings is 2. The number of hydrogen-bond acceptors (Lipinski definition) is 4. The first kappa shape index (κ1) is 19.4. The summed E-state index contributed by atoms with van der Waals surface area (Å²) >= 11 is 1.19. The smallest absolute Gasteiger partial charge is 0.266 e. The minimum absolute atomic E-state index is 0.156. The lowest BCUT2D eigenvalue weighted by atomic mass is 10.0. The standard InChI is InChI=1S/C22H23NO3S/c1-4-13-27-22(26)17-12-8-11-16-18(17)21(25)23(20(16)24)19-14(5-2)9-7-10-15(19)6-3/h7-12H,4-6,13H2,1-3H3. The summed E-state index contributed by atoms with van der Waals surface area (Å²) in [5.74, 6) is -0.0557. The average molecular weight is 381 g/mol. The van der Waals surface area contributed by atoms with Crippen LogP contribution in [0.2, 0.25) is 0 Å². The maximum atomic E-state index is 13.3. The van der Waals surface area contributed by atoms with E-state index in [1.54, 1.807) is 18.2 Å². The van der Waals surface area contributed by atoms with E-state index in [0.717, 1.165) is 17.5 Å². The Labute approximate surface area is 163 Å². The number of rotatable bonds is 6. The molecular formula is C22H23NO3S. The molecule has 0 bridgehead atoms. The van der Waals surface area contributed by atoms with Gasteiger partial charge < -0.3 is 0 Å². The number of hydrogen-bond donors (Lipinski definition) is 0. The SMILES string of the molecule is CCCSC(=O)c1cccc2c1C(=O)N(c1c(CC)cccc1CC)C2=O. The Kier molecular flexibility index (Phi) is 5.80. The number of amides is 2. The van der Waals surface area contributed by atoms with Crippen LogP contribution in [0.5, 0.6) is 0 Å². The zero-order valence-corrected chi connectivity index (χ0v) is 16.7. The van der Waals surface area contributed by atoms with Gasteiger partial charge in [-0.1, -0.05) is 56.8 Å². The van der Waals surface area contributed by atoms with Crippen LogP contribution in [0.3, 0.4) is 0 Å². The van der Waals surface area contributed by atoms with Gasteiger partial charge in [0.25, 0.3) is 11.8 Å². The van der Waals surface area contributed by atoms with Crippen molar-refractivity contribution in [3.8, 4) is 0 Å². The van der Waals surface area contributed by atoms with Crippen molar-refractivity contribution >= 4 is 34.4 Å². The molecule has 0 unspecified atom stereocenters. The molecule has 0 aliphatic carbocycles. The van der Waals surface area contributed by atoms with Crippen LogP contribution in [0.25, 0.3) is 0 Å². The zero-order valence-electron chi connectivity index (χ0n) is 15.9. The van der Waals surface area contributed by atoms with Crippen LogP contribution in [0.15, 0.2) is 36.4 Å². The lowest BCUT2D eigenvalue weighted by molar-refractivity contribution is 0.0922. The van der Waals surface area contributed by atoms with Crippen LogP contribution in [0.1, 0.15) is 69.4 Å². The van der Waals surface area contributed by atoms with Gasteiger partial charge in [-0.3, -0.25) is 14.4 Å². The minimum Gasteiger partial charge on any atom is -0.282 e.